The molecule has 15 heavy (non-hydrogen) atoms. The Morgan fingerprint density at radius 1 is 1.60 bits per heavy atom. The minimum atomic E-state index is -0.741. The SMILES string of the molecule is CC1(O)CN(C(=O)c2ccc(Cl)nc2)C1. The molecule has 1 aliphatic rings. The predicted octanol–water partition coefficient (Wildman–Crippen LogP) is 0.942. The molecular formula is C10H11ClN2O2. The van der Waals surface area contributed by atoms with Crippen LogP contribution in [0.2, 0.25) is 5.15 Å². The third kappa shape index (κ3) is 2.11. The van der Waals surface area contributed by atoms with Gasteiger partial charge in [-0.15, -0.1) is 0 Å². The van der Waals surface area contributed by atoms with Gasteiger partial charge in [0.1, 0.15) is 5.15 Å². The van der Waals surface area contributed by atoms with E-state index in [4.69, 9.17) is 11.6 Å². The fraction of sp³-hybridized carbons (Fsp3) is 0.400. The molecule has 2 rings (SSSR count). The summed E-state index contributed by atoms with van der Waals surface area (Å²) >= 11 is 5.61. The molecule has 0 saturated carbocycles. The van der Waals surface area contributed by atoms with Crippen molar-refractivity contribution in [2.45, 2.75) is 12.5 Å². The Bertz CT molecular complexity index is 381. The van der Waals surface area contributed by atoms with Gasteiger partial charge in [-0.05, 0) is 19.1 Å². The average molecular weight is 227 g/mol. The van der Waals surface area contributed by atoms with Crippen LogP contribution in [0.5, 0.6) is 0 Å². The van der Waals surface area contributed by atoms with Gasteiger partial charge in [-0.1, -0.05) is 11.6 Å². The topological polar surface area (TPSA) is 53.4 Å². The Labute approximate surface area is 92.5 Å². The molecular weight excluding hydrogens is 216 g/mol. The number of halogens is 1. The van der Waals surface area contributed by atoms with Crippen molar-refractivity contribution < 1.29 is 9.90 Å². The Hall–Kier alpha value is -1.13. The molecule has 0 radical (unpaired) electrons. The molecule has 1 amide bonds. The summed E-state index contributed by atoms with van der Waals surface area (Å²) in [5.41, 5.74) is -0.245. The molecule has 0 aliphatic carbocycles. The fourth-order valence-electron chi connectivity index (χ4n) is 1.60. The molecule has 0 spiro atoms. The van der Waals surface area contributed by atoms with Gasteiger partial charge in [-0.3, -0.25) is 4.79 Å². The van der Waals surface area contributed by atoms with Gasteiger partial charge in [0.15, 0.2) is 0 Å². The Morgan fingerprint density at radius 3 is 2.73 bits per heavy atom. The second kappa shape index (κ2) is 3.47. The number of likely N-dealkylation sites (tertiary alicyclic amines) is 1. The van der Waals surface area contributed by atoms with Gasteiger partial charge >= 0.3 is 0 Å². The van der Waals surface area contributed by atoms with E-state index in [1.54, 1.807) is 24.0 Å². The van der Waals surface area contributed by atoms with Crippen LogP contribution in [0.25, 0.3) is 0 Å². The van der Waals surface area contributed by atoms with E-state index in [0.29, 0.717) is 23.8 Å². The number of hydrogen-bond acceptors (Lipinski definition) is 3. The highest BCUT2D eigenvalue weighted by Gasteiger charge is 2.39. The fourth-order valence-corrected chi connectivity index (χ4v) is 1.72. The van der Waals surface area contributed by atoms with Crippen LogP contribution >= 0.6 is 11.6 Å². The maximum Gasteiger partial charge on any atom is 0.255 e. The van der Waals surface area contributed by atoms with Crippen molar-refractivity contribution in [2.24, 2.45) is 0 Å². The van der Waals surface area contributed by atoms with E-state index < -0.39 is 5.60 Å². The first-order valence-corrected chi connectivity index (χ1v) is 4.99. The molecule has 1 aromatic rings. The zero-order valence-electron chi connectivity index (χ0n) is 8.27. The molecule has 0 atom stereocenters. The zero-order chi connectivity index (χ0) is 11.1. The van der Waals surface area contributed by atoms with Crippen molar-refractivity contribution in [1.29, 1.82) is 0 Å². The number of hydrogen-bond donors (Lipinski definition) is 1. The number of carbonyl (C=O) groups is 1. The second-order valence-corrected chi connectivity index (χ2v) is 4.42. The summed E-state index contributed by atoms with van der Waals surface area (Å²) in [6.07, 6.45) is 1.44. The molecule has 1 aromatic heterocycles. The number of β-amino-alcohol motifs (C(OH)–C–C–N with tert-alkyl or cyclic N) is 1. The third-order valence-electron chi connectivity index (χ3n) is 2.32. The summed E-state index contributed by atoms with van der Waals surface area (Å²) in [4.78, 5) is 17.2. The number of pyridine rings is 1. The van der Waals surface area contributed by atoms with Gasteiger partial charge in [0.2, 0.25) is 0 Å². The van der Waals surface area contributed by atoms with Crippen LogP contribution in [0.4, 0.5) is 0 Å². The van der Waals surface area contributed by atoms with Crippen molar-refractivity contribution >= 4 is 17.5 Å². The molecule has 1 fully saturated rings. The van der Waals surface area contributed by atoms with Crippen molar-refractivity contribution in [3.05, 3.63) is 29.0 Å². The summed E-state index contributed by atoms with van der Waals surface area (Å²) in [5.74, 6) is -0.120. The number of aromatic nitrogens is 1. The lowest BCUT2D eigenvalue weighted by Gasteiger charge is -2.44. The monoisotopic (exact) mass is 226 g/mol. The lowest BCUT2D eigenvalue weighted by atomic mass is 9.96. The Balaban J connectivity index is 2.07. The van der Waals surface area contributed by atoms with E-state index in [2.05, 4.69) is 4.98 Å². The van der Waals surface area contributed by atoms with E-state index in [1.807, 2.05) is 0 Å². The molecule has 2 heterocycles. The van der Waals surface area contributed by atoms with E-state index in [9.17, 15) is 9.90 Å². The lowest BCUT2D eigenvalue weighted by molar-refractivity contribution is -0.0668. The normalized spacial score (nSPS) is 18.5. The second-order valence-electron chi connectivity index (χ2n) is 4.03. The maximum atomic E-state index is 11.8. The molecule has 0 bridgehead atoms. The van der Waals surface area contributed by atoms with Crippen LogP contribution in [0.3, 0.4) is 0 Å². The van der Waals surface area contributed by atoms with Gasteiger partial charge in [0, 0.05) is 6.20 Å². The summed E-state index contributed by atoms with van der Waals surface area (Å²) in [6, 6.07) is 3.21. The highest BCUT2D eigenvalue weighted by Crippen LogP contribution is 2.22. The van der Waals surface area contributed by atoms with Crippen molar-refractivity contribution in [3.8, 4) is 0 Å². The van der Waals surface area contributed by atoms with E-state index in [0.717, 1.165) is 0 Å². The summed E-state index contributed by atoms with van der Waals surface area (Å²) in [6.45, 7) is 2.44. The number of amides is 1. The van der Waals surface area contributed by atoms with Crippen LogP contribution in [0.1, 0.15) is 17.3 Å². The average Bonchev–Trinajstić information content (AvgIpc) is 2.14. The first kappa shape index (κ1) is 10.4. The summed E-state index contributed by atoms with van der Waals surface area (Å²) < 4.78 is 0. The quantitative estimate of drug-likeness (QED) is 0.726. The van der Waals surface area contributed by atoms with Gasteiger partial charge in [0.25, 0.3) is 5.91 Å². The molecule has 4 nitrogen and oxygen atoms in total. The lowest BCUT2D eigenvalue weighted by Crippen LogP contribution is -2.61. The standard InChI is InChI=1S/C10H11ClN2O2/c1-10(15)5-13(6-10)9(14)7-2-3-8(11)12-4-7/h2-4,15H,5-6H2,1H3. The minimum Gasteiger partial charge on any atom is -0.386 e. The van der Waals surface area contributed by atoms with Crippen molar-refractivity contribution in [1.82, 2.24) is 9.88 Å². The molecule has 0 unspecified atom stereocenters. The van der Waals surface area contributed by atoms with Crippen LogP contribution < -0.4 is 0 Å². The Kier molecular flexibility index (Phi) is 2.40. The molecule has 0 aromatic carbocycles. The van der Waals surface area contributed by atoms with Gasteiger partial charge in [0.05, 0.1) is 24.3 Å². The van der Waals surface area contributed by atoms with Gasteiger partial charge in [-0.25, -0.2) is 4.98 Å². The third-order valence-corrected chi connectivity index (χ3v) is 2.55. The van der Waals surface area contributed by atoms with Crippen LogP contribution in [-0.4, -0.2) is 39.6 Å². The molecule has 1 saturated heterocycles. The number of carbonyl (C=O) groups excluding carboxylic acids is 1. The van der Waals surface area contributed by atoms with Crippen LogP contribution in [0.15, 0.2) is 18.3 Å². The van der Waals surface area contributed by atoms with Gasteiger partial charge in [-0.2, -0.15) is 0 Å². The molecule has 80 valence electrons. The van der Waals surface area contributed by atoms with E-state index in [-0.39, 0.29) is 5.91 Å². The predicted molar refractivity (Wildman–Crippen MR) is 55.8 cm³/mol. The number of nitrogens with zero attached hydrogens (tertiary/aromatic N) is 2. The molecule has 5 heteroatoms. The van der Waals surface area contributed by atoms with Crippen LogP contribution in [0, 0.1) is 0 Å². The zero-order valence-corrected chi connectivity index (χ0v) is 9.03. The minimum absolute atomic E-state index is 0.120. The van der Waals surface area contributed by atoms with E-state index in [1.165, 1.54) is 6.20 Å². The number of aliphatic hydroxyl groups is 1. The first-order chi connectivity index (χ1) is 6.98. The van der Waals surface area contributed by atoms with Crippen LogP contribution in [-0.2, 0) is 0 Å². The van der Waals surface area contributed by atoms with Gasteiger partial charge < -0.3 is 10.0 Å². The first-order valence-electron chi connectivity index (χ1n) is 4.61. The largest absolute Gasteiger partial charge is 0.386 e. The highest BCUT2D eigenvalue weighted by atomic mass is 35.5. The van der Waals surface area contributed by atoms with Crippen molar-refractivity contribution in [2.75, 3.05) is 13.1 Å². The number of rotatable bonds is 1. The highest BCUT2D eigenvalue weighted by molar-refractivity contribution is 6.29. The molecule has 1 aliphatic heterocycles. The Morgan fingerprint density at radius 2 is 2.27 bits per heavy atom. The summed E-state index contributed by atoms with van der Waals surface area (Å²) in [5, 5.41) is 9.86. The molecule has 1 N–H and O–H groups in total. The smallest absolute Gasteiger partial charge is 0.255 e. The summed E-state index contributed by atoms with van der Waals surface area (Å²) in [7, 11) is 0. The van der Waals surface area contributed by atoms with Crippen molar-refractivity contribution in [3.63, 3.8) is 0 Å². The van der Waals surface area contributed by atoms with E-state index >= 15 is 0 Å². The maximum absolute atomic E-state index is 11.8.